The molecule has 2 aliphatic rings. The molecule has 5 rings (SSSR count). The Kier molecular flexibility index (Phi) is 3.81. The summed E-state index contributed by atoms with van der Waals surface area (Å²) in [5.74, 6) is 1.29. The molecule has 5 heteroatoms. The molecule has 0 aliphatic heterocycles. The van der Waals surface area contributed by atoms with Gasteiger partial charge in [-0.3, -0.25) is 4.79 Å². The van der Waals surface area contributed by atoms with E-state index in [0.717, 1.165) is 17.3 Å². The number of nitrogens with zero attached hydrogens (tertiary/aromatic N) is 3. The first-order valence-electron chi connectivity index (χ1n) is 9.59. The Labute approximate surface area is 158 Å². The maximum absolute atomic E-state index is 12.4. The van der Waals surface area contributed by atoms with Crippen LogP contribution in [-0.2, 0) is 0 Å². The zero-order valence-corrected chi connectivity index (χ0v) is 15.4. The lowest BCUT2D eigenvalue weighted by Gasteiger charge is -2.11. The Balaban J connectivity index is 1.38. The summed E-state index contributed by atoms with van der Waals surface area (Å²) in [5, 5.41) is 2.93. The molecule has 1 N–H and O–H groups in total. The lowest BCUT2D eigenvalue weighted by atomic mass is 10.2. The SMILES string of the molecule is Cc1ncncc1C(=O)Nc1ccc(-n2cc(C3CC3)cc2C2CC2)cc1. The number of carbonyl (C=O) groups excluding carboxylic acids is 1. The van der Waals surface area contributed by atoms with E-state index in [-0.39, 0.29) is 5.91 Å². The first-order valence-corrected chi connectivity index (χ1v) is 9.59. The van der Waals surface area contributed by atoms with Crippen molar-refractivity contribution in [3.63, 3.8) is 0 Å². The van der Waals surface area contributed by atoms with Gasteiger partial charge in [-0.25, -0.2) is 9.97 Å². The van der Waals surface area contributed by atoms with Crippen LogP contribution in [0.5, 0.6) is 0 Å². The quantitative estimate of drug-likeness (QED) is 0.726. The summed E-state index contributed by atoms with van der Waals surface area (Å²) < 4.78 is 2.34. The lowest BCUT2D eigenvalue weighted by molar-refractivity contribution is 0.102. The standard InChI is InChI=1S/C22H22N4O/c1-14-20(11-23-13-24-14)22(27)25-18-6-8-19(9-7-18)26-12-17(15-2-3-15)10-21(26)16-4-5-16/h6-13,15-16H,2-5H2,1H3,(H,25,27). The highest BCUT2D eigenvalue weighted by Crippen LogP contribution is 2.46. The average molecular weight is 358 g/mol. The Morgan fingerprint density at radius 1 is 1.11 bits per heavy atom. The molecule has 136 valence electrons. The number of hydrogen-bond acceptors (Lipinski definition) is 3. The number of nitrogens with one attached hydrogen (secondary N) is 1. The van der Waals surface area contributed by atoms with E-state index in [9.17, 15) is 4.79 Å². The molecule has 2 fully saturated rings. The van der Waals surface area contributed by atoms with Gasteiger partial charge in [0.05, 0.1) is 11.3 Å². The number of aryl methyl sites for hydroxylation is 1. The van der Waals surface area contributed by atoms with Gasteiger partial charge in [0.25, 0.3) is 5.91 Å². The van der Waals surface area contributed by atoms with Crippen molar-refractivity contribution in [2.24, 2.45) is 0 Å². The van der Waals surface area contributed by atoms with Gasteiger partial charge in [-0.05, 0) is 80.3 Å². The molecule has 2 aliphatic carbocycles. The van der Waals surface area contributed by atoms with E-state index in [4.69, 9.17) is 0 Å². The summed E-state index contributed by atoms with van der Waals surface area (Å²) in [6.07, 6.45) is 10.5. The van der Waals surface area contributed by atoms with Crippen molar-refractivity contribution in [1.29, 1.82) is 0 Å². The summed E-state index contributed by atoms with van der Waals surface area (Å²) in [5.41, 5.74) is 6.01. The predicted molar refractivity (Wildman–Crippen MR) is 104 cm³/mol. The normalized spacial score (nSPS) is 16.3. The maximum atomic E-state index is 12.4. The van der Waals surface area contributed by atoms with E-state index in [1.165, 1.54) is 43.3 Å². The highest BCUT2D eigenvalue weighted by atomic mass is 16.1. The van der Waals surface area contributed by atoms with Crippen molar-refractivity contribution >= 4 is 11.6 Å². The fraction of sp³-hybridized carbons (Fsp3) is 0.318. The maximum Gasteiger partial charge on any atom is 0.259 e. The van der Waals surface area contributed by atoms with Crippen LogP contribution in [-0.4, -0.2) is 20.4 Å². The third-order valence-corrected chi connectivity index (χ3v) is 5.47. The number of hydrogen-bond donors (Lipinski definition) is 1. The molecule has 5 nitrogen and oxygen atoms in total. The summed E-state index contributed by atoms with van der Waals surface area (Å²) >= 11 is 0. The molecule has 2 aromatic heterocycles. The van der Waals surface area contributed by atoms with Gasteiger partial charge < -0.3 is 9.88 Å². The molecule has 0 saturated heterocycles. The fourth-order valence-electron chi connectivity index (χ4n) is 3.58. The van der Waals surface area contributed by atoms with E-state index in [1.54, 1.807) is 6.20 Å². The van der Waals surface area contributed by atoms with Crippen LogP contribution in [0, 0.1) is 6.92 Å². The Bertz CT molecular complexity index is 997. The zero-order chi connectivity index (χ0) is 18.4. The topological polar surface area (TPSA) is 59.8 Å². The first-order chi connectivity index (χ1) is 13.2. The number of aromatic nitrogens is 3. The lowest BCUT2D eigenvalue weighted by Crippen LogP contribution is -2.14. The molecule has 3 aromatic rings. The van der Waals surface area contributed by atoms with Crippen molar-refractivity contribution in [2.75, 3.05) is 5.32 Å². The van der Waals surface area contributed by atoms with Crippen molar-refractivity contribution in [3.8, 4) is 5.69 Å². The van der Waals surface area contributed by atoms with Gasteiger partial charge in [0.15, 0.2) is 0 Å². The minimum absolute atomic E-state index is 0.184. The number of carbonyl (C=O) groups is 1. The van der Waals surface area contributed by atoms with E-state index >= 15 is 0 Å². The minimum Gasteiger partial charge on any atom is -0.322 e. The second-order valence-corrected chi connectivity index (χ2v) is 7.64. The van der Waals surface area contributed by atoms with Crippen molar-refractivity contribution in [3.05, 3.63) is 71.6 Å². The van der Waals surface area contributed by atoms with Gasteiger partial charge in [-0.2, -0.15) is 0 Å². The second-order valence-electron chi connectivity index (χ2n) is 7.64. The van der Waals surface area contributed by atoms with Gasteiger partial charge in [-0.1, -0.05) is 0 Å². The van der Waals surface area contributed by atoms with Crippen LogP contribution in [0.15, 0.2) is 49.1 Å². The molecule has 0 unspecified atom stereocenters. The molecule has 0 radical (unpaired) electrons. The molecule has 1 aromatic carbocycles. The molecule has 2 heterocycles. The highest BCUT2D eigenvalue weighted by Gasteiger charge is 2.31. The van der Waals surface area contributed by atoms with E-state index in [1.807, 2.05) is 19.1 Å². The summed E-state index contributed by atoms with van der Waals surface area (Å²) in [4.78, 5) is 20.4. The van der Waals surface area contributed by atoms with Crippen LogP contribution in [0.25, 0.3) is 5.69 Å². The third kappa shape index (κ3) is 3.25. The van der Waals surface area contributed by atoms with Gasteiger partial charge in [-0.15, -0.1) is 0 Å². The third-order valence-electron chi connectivity index (χ3n) is 5.47. The fourth-order valence-corrected chi connectivity index (χ4v) is 3.58. The zero-order valence-electron chi connectivity index (χ0n) is 15.4. The highest BCUT2D eigenvalue weighted by molar-refractivity contribution is 6.04. The molecule has 2 saturated carbocycles. The van der Waals surface area contributed by atoms with Crippen molar-refractivity contribution in [1.82, 2.24) is 14.5 Å². The number of anilines is 1. The van der Waals surface area contributed by atoms with Gasteiger partial charge in [0.1, 0.15) is 6.33 Å². The Morgan fingerprint density at radius 2 is 1.85 bits per heavy atom. The number of benzene rings is 1. The second kappa shape index (κ2) is 6.34. The summed E-state index contributed by atoms with van der Waals surface area (Å²) in [6, 6.07) is 10.5. The average Bonchev–Trinajstić information content (AvgIpc) is 3.61. The summed E-state index contributed by atoms with van der Waals surface area (Å²) in [6.45, 7) is 1.81. The Morgan fingerprint density at radius 3 is 2.52 bits per heavy atom. The summed E-state index contributed by atoms with van der Waals surface area (Å²) in [7, 11) is 0. The van der Waals surface area contributed by atoms with Crippen LogP contribution >= 0.6 is 0 Å². The van der Waals surface area contributed by atoms with Crippen LogP contribution < -0.4 is 5.32 Å². The van der Waals surface area contributed by atoms with E-state index < -0.39 is 0 Å². The number of amides is 1. The molecular weight excluding hydrogens is 336 g/mol. The smallest absolute Gasteiger partial charge is 0.259 e. The molecule has 1 amide bonds. The van der Waals surface area contributed by atoms with Crippen LogP contribution in [0.3, 0.4) is 0 Å². The molecular formula is C22H22N4O. The van der Waals surface area contributed by atoms with E-state index in [2.05, 4.69) is 44.2 Å². The number of rotatable bonds is 5. The van der Waals surface area contributed by atoms with Crippen LogP contribution in [0.4, 0.5) is 5.69 Å². The van der Waals surface area contributed by atoms with Crippen LogP contribution in [0.2, 0.25) is 0 Å². The van der Waals surface area contributed by atoms with Gasteiger partial charge in [0.2, 0.25) is 0 Å². The first kappa shape index (κ1) is 16.2. The Hall–Kier alpha value is -2.95. The van der Waals surface area contributed by atoms with Crippen LogP contribution in [0.1, 0.15) is 64.8 Å². The van der Waals surface area contributed by atoms with Crippen molar-refractivity contribution < 1.29 is 4.79 Å². The largest absolute Gasteiger partial charge is 0.322 e. The van der Waals surface area contributed by atoms with Gasteiger partial charge >= 0.3 is 0 Å². The molecule has 0 bridgehead atoms. The van der Waals surface area contributed by atoms with E-state index in [0.29, 0.717) is 17.2 Å². The van der Waals surface area contributed by atoms with Crippen molar-refractivity contribution in [2.45, 2.75) is 44.4 Å². The predicted octanol–water partition coefficient (Wildman–Crippen LogP) is 4.58. The molecule has 27 heavy (non-hydrogen) atoms. The molecule has 0 atom stereocenters. The monoisotopic (exact) mass is 358 g/mol. The minimum atomic E-state index is -0.184. The van der Waals surface area contributed by atoms with Gasteiger partial charge in [0, 0.05) is 29.5 Å². The molecule has 0 spiro atoms.